The molecule has 0 aromatic rings. The standard InChI is InChI=1S/C11H17Cl/c1-4-6-8-10(3)9-11(12)7-5-2/h5,7,9H,3-4,6,8H2,1-2H3. The normalized spacial score (nSPS) is 12.4. The lowest BCUT2D eigenvalue weighted by Crippen LogP contribution is -1.77. The molecule has 0 saturated carbocycles. The van der Waals surface area contributed by atoms with Gasteiger partial charge in [-0.1, -0.05) is 43.2 Å². The average molecular weight is 185 g/mol. The highest BCUT2D eigenvalue weighted by Gasteiger charge is 1.90. The zero-order chi connectivity index (χ0) is 9.40. The molecule has 0 saturated heterocycles. The zero-order valence-corrected chi connectivity index (χ0v) is 8.69. The van der Waals surface area contributed by atoms with E-state index in [-0.39, 0.29) is 0 Å². The van der Waals surface area contributed by atoms with Crippen LogP contribution in [0.2, 0.25) is 0 Å². The molecule has 0 fully saturated rings. The van der Waals surface area contributed by atoms with E-state index >= 15 is 0 Å². The average Bonchev–Trinajstić information content (AvgIpc) is 2.01. The number of unbranched alkanes of at least 4 members (excludes halogenated alkanes) is 1. The Morgan fingerprint density at radius 2 is 2.17 bits per heavy atom. The maximum Gasteiger partial charge on any atom is 0.0405 e. The maximum absolute atomic E-state index is 5.87. The van der Waals surface area contributed by atoms with E-state index < -0.39 is 0 Å². The van der Waals surface area contributed by atoms with Gasteiger partial charge in [0.2, 0.25) is 0 Å². The van der Waals surface area contributed by atoms with Crippen molar-refractivity contribution in [1.82, 2.24) is 0 Å². The lowest BCUT2D eigenvalue weighted by atomic mass is 10.1. The topological polar surface area (TPSA) is 0 Å². The molecule has 0 heterocycles. The van der Waals surface area contributed by atoms with Crippen LogP contribution >= 0.6 is 11.6 Å². The summed E-state index contributed by atoms with van der Waals surface area (Å²) in [6.45, 7) is 8.04. The van der Waals surface area contributed by atoms with Crippen molar-refractivity contribution in [1.29, 1.82) is 0 Å². The first-order valence-corrected chi connectivity index (χ1v) is 4.76. The van der Waals surface area contributed by atoms with Crippen LogP contribution in [0.5, 0.6) is 0 Å². The maximum atomic E-state index is 5.87. The Hall–Kier alpha value is -0.490. The Balaban J connectivity index is 3.88. The number of hydrogen-bond donors (Lipinski definition) is 0. The molecule has 0 spiro atoms. The molecule has 0 bridgehead atoms. The minimum Gasteiger partial charge on any atom is -0.0958 e. The molecule has 0 N–H and O–H groups in total. The summed E-state index contributed by atoms with van der Waals surface area (Å²) in [6, 6.07) is 0. The van der Waals surface area contributed by atoms with Gasteiger partial charge in [-0.05, 0) is 31.9 Å². The molecule has 68 valence electrons. The lowest BCUT2D eigenvalue weighted by molar-refractivity contribution is 0.799. The van der Waals surface area contributed by atoms with Crippen molar-refractivity contribution in [3.63, 3.8) is 0 Å². The minimum atomic E-state index is 0.763. The van der Waals surface area contributed by atoms with Gasteiger partial charge in [-0.3, -0.25) is 0 Å². The molecule has 1 heteroatoms. The molecule has 0 unspecified atom stereocenters. The Kier molecular flexibility index (Phi) is 6.88. The Morgan fingerprint density at radius 3 is 2.67 bits per heavy atom. The van der Waals surface area contributed by atoms with E-state index in [1.54, 1.807) is 0 Å². The second-order valence-corrected chi connectivity index (χ2v) is 3.23. The van der Waals surface area contributed by atoms with Gasteiger partial charge in [0.05, 0.1) is 0 Å². The molecule has 0 aliphatic carbocycles. The fourth-order valence-electron chi connectivity index (χ4n) is 0.878. The molecule has 0 atom stereocenters. The Morgan fingerprint density at radius 1 is 1.50 bits per heavy atom. The third-order valence-electron chi connectivity index (χ3n) is 1.52. The van der Waals surface area contributed by atoms with Crippen LogP contribution in [-0.2, 0) is 0 Å². The van der Waals surface area contributed by atoms with Crippen molar-refractivity contribution in [3.05, 3.63) is 35.4 Å². The van der Waals surface area contributed by atoms with Crippen molar-refractivity contribution in [2.75, 3.05) is 0 Å². The van der Waals surface area contributed by atoms with E-state index in [4.69, 9.17) is 11.6 Å². The van der Waals surface area contributed by atoms with Crippen molar-refractivity contribution in [3.8, 4) is 0 Å². The van der Waals surface area contributed by atoms with Crippen LogP contribution in [0.1, 0.15) is 33.1 Å². The molecule has 0 rings (SSSR count). The van der Waals surface area contributed by atoms with Crippen LogP contribution in [0.3, 0.4) is 0 Å². The largest absolute Gasteiger partial charge is 0.0958 e. The van der Waals surface area contributed by atoms with Crippen molar-refractivity contribution in [2.24, 2.45) is 0 Å². The van der Waals surface area contributed by atoms with Gasteiger partial charge in [0.15, 0.2) is 0 Å². The predicted octanol–water partition coefficient (Wildman–Crippen LogP) is 4.43. The van der Waals surface area contributed by atoms with Crippen LogP contribution in [0.25, 0.3) is 0 Å². The summed E-state index contributed by atoms with van der Waals surface area (Å²) >= 11 is 5.87. The molecule has 0 radical (unpaired) electrons. The number of hydrogen-bond acceptors (Lipinski definition) is 0. The van der Waals surface area contributed by atoms with Crippen LogP contribution in [0, 0.1) is 0 Å². The van der Waals surface area contributed by atoms with E-state index in [9.17, 15) is 0 Å². The van der Waals surface area contributed by atoms with E-state index in [0.29, 0.717) is 0 Å². The SMILES string of the molecule is C=C(C=C(Cl)C=CC)CCCC. The second-order valence-electron chi connectivity index (χ2n) is 2.79. The highest BCUT2D eigenvalue weighted by Crippen LogP contribution is 2.12. The molecule has 0 aromatic carbocycles. The van der Waals surface area contributed by atoms with E-state index in [2.05, 4.69) is 13.5 Å². The first-order valence-electron chi connectivity index (χ1n) is 4.38. The molecule has 0 nitrogen and oxygen atoms in total. The van der Waals surface area contributed by atoms with Gasteiger partial charge in [0.25, 0.3) is 0 Å². The van der Waals surface area contributed by atoms with Crippen LogP contribution in [-0.4, -0.2) is 0 Å². The smallest absolute Gasteiger partial charge is 0.0405 e. The molecule has 0 aliphatic heterocycles. The first-order chi connectivity index (χ1) is 5.70. The molecule has 0 amide bonds. The fourth-order valence-corrected chi connectivity index (χ4v) is 1.16. The van der Waals surface area contributed by atoms with Crippen LogP contribution in [0.4, 0.5) is 0 Å². The van der Waals surface area contributed by atoms with Gasteiger partial charge in [-0.25, -0.2) is 0 Å². The highest BCUT2D eigenvalue weighted by molar-refractivity contribution is 6.31. The zero-order valence-electron chi connectivity index (χ0n) is 7.94. The van der Waals surface area contributed by atoms with Gasteiger partial charge >= 0.3 is 0 Å². The summed E-state index contributed by atoms with van der Waals surface area (Å²) in [5.74, 6) is 0. The Bertz CT molecular complexity index is 187. The quantitative estimate of drug-likeness (QED) is 0.555. The van der Waals surface area contributed by atoms with Crippen molar-refractivity contribution in [2.45, 2.75) is 33.1 Å². The monoisotopic (exact) mass is 184 g/mol. The number of halogens is 1. The van der Waals surface area contributed by atoms with Crippen LogP contribution in [0.15, 0.2) is 35.4 Å². The predicted molar refractivity (Wildman–Crippen MR) is 57.4 cm³/mol. The number of rotatable bonds is 5. The van der Waals surface area contributed by atoms with E-state index in [0.717, 1.165) is 17.0 Å². The molecule has 0 aliphatic rings. The molecular weight excluding hydrogens is 168 g/mol. The second kappa shape index (κ2) is 7.17. The Labute approximate surface area is 80.6 Å². The summed E-state index contributed by atoms with van der Waals surface area (Å²) in [7, 11) is 0. The third kappa shape index (κ3) is 6.23. The summed E-state index contributed by atoms with van der Waals surface area (Å²) in [5.41, 5.74) is 1.11. The summed E-state index contributed by atoms with van der Waals surface area (Å²) in [6.07, 6.45) is 9.16. The summed E-state index contributed by atoms with van der Waals surface area (Å²) in [5, 5.41) is 0.763. The van der Waals surface area contributed by atoms with Gasteiger partial charge in [-0.2, -0.15) is 0 Å². The molecular formula is C11H17Cl. The lowest BCUT2D eigenvalue weighted by Gasteiger charge is -1.97. The molecule has 12 heavy (non-hydrogen) atoms. The number of allylic oxidation sites excluding steroid dienone is 5. The van der Waals surface area contributed by atoms with Gasteiger partial charge < -0.3 is 0 Å². The van der Waals surface area contributed by atoms with Gasteiger partial charge in [0.1, 0.15) is 0 Å². The van der Waals surface area contributed by atoms with Crippen molar-refractivity contribution >= 4 is 11.6 Å². The van der Waals surface area contributed by atoms with Gasteiger partial charge in [-0.15, -0.1) is 0 Å². The van der Waals surface area contributed by atoms with Crippen LogP contribution < -0.4 is 0 Å². The van der Waals surface area contributed by atoms with Gasteiger partial charge in [0, 0.05) is 5.03 Å². The minimum absolute atomic E-state index is 0.763. The van der Waals surface area contributed by atoms with E-state index in [1.807, 2.05) is 25.2 Å². The van der Waals surface area contributed by atoms with E-state index in [1.165, 1.54) is 12.8 Å². The fraction of sp³-hybridized carbons (Fsp3) is 0.455. The highest BCUT2D eigenvalue weighted by atomic mass is 35.5. The summed E-state index contributed by atoms with van der Waals surface area (Å²) in [4.78, 5) is 0. The summed E-state index contributed by atoms with van der Waals surface area (Å²) < 4.78 is 0. The first kappa shape index (κ1) is 11.5. The molecule has 0 aromatic heterocycles. The third-order valence-corrected chi connectivity index (χ3v) is 1.75. The van der Waals surface area contributed by atoms with Crippen molar-refractivity contribution < 1.29 is 0 Å².